The maximum atomic E-state index is 14.6. The lowest BCUT2D eigenvalue weighted by Crippen LogP contribution is -2.06. The second kappa shape index (κ2) is 12.1. The minimum Gasteiger partial charge on any atom is -0.166 e. The van der Waals surface area contributed by atoms with Crippen LogP contribution in [0.15, 0.2) is 182 Å². The van der Waals surface area contributed by atoms with Gasteiger partial charge in [0.15, 0.2) is 0 Å². The van der Waals surface area contributed by atoms with Crippen LogP contribution >= 0.6 is 0 Å². The average molecular weight is 883 g/mol. The summed E-state index contributed by atoms with van der Waals surface area (Å²) < 4.78 is 43.9. The second-order valence-corrected chi connectivity index (χ2v) is 19.6. The van der Waals surface area contributed by atoms with Gasteiger partial charge in [0.2, 0.25) is 0 Å². The molecule has 16 aromatic rings. The first-order valence-corrected chi connectivity index (χ1v) is 23.8. The summed E-state index contributed by atoms with van der Waals surface area (Å²) in [4.78, 5) is 0. The molecule has 0 amide bonds. The molecule has 0 aromatic heterocycles. The van der Waals surface area contributed by atoms with Gasteiger partial charge in [-0.15, -0.1) is 0 Å². The average Bonchev–Trinajstić information content (AvgIpc) is 4.10. The minimum absolute atomic E-state index is 0.197. The fourth-order valence-electron chi connectivity index (χ4n) is 14.0. The van der Waals surface area contributed by atoms with Crippen molar-refractivity contribution in [3.8, 4) is 44.5 Å². The van der Waals surface area contributed by atoms with Gasteiger partial charge in [0.05, 0.1) is 5.56 Å². The number of aryl methyl sites for hydroxylation is 1. The summed E-state index contributed by atoms with van der Waals surface area (Å²) in [6.07, 6.45) is -4.49. The Morgan fingerprint density at radius 1 is 0.246 bits per heavy atom. The van der Waals surface area contributed by atoms with Crippen LogP contribution in [-0.2, 0) is 6.18 Å². The zero-order valence-corrected chi connectivity index (χ0v) is 37.0. The molecule has 318 valence electrons. The monoisotopic (exact) mass is 882 g/mol. The molecule has 1 aliphatic carbocycles. The van der Waals surface area contributed by atoms with Crippen LogP contribution in [0.1, 0.15) is 11.1 Å². The first kappa shape index (κ1) is 36.6. The Kier molecular flexibility index (Phi) is 6.43. The number of hydrogen-bond acceptors (Lipinski definition) is 0. The van der Waals surface area contributed by atoms with Gasteiger partial charge < -0.3 is 0 Å². The largest absolute Gasteiger partial charge is 0.417 e. The summed E-state index contributed by atoms with van der Waals surface area (Å²) in [5.74, 6) is 0. The molecule has 0 nitrogen and oxygen atoms in total. The Balaban J connectivity index is 1.08. The molecule has 0 atom stereocenters. The molecule has 16 aromatic carbocycles. The zero-order chi connectivity index (χ0) is 45.3. The number of benzene rings is 13. The van der Waals surface area contributed by atoms with Crippen LogP contribution in [0.3, 0.4) is 0 Å². The van der Waals surface area contributed by atoms with Crippen LogP contribution in [0.2, 0.25) is 0 Å². The Bertz CT molecular complexity index is 4920. The molecule has 1 aliphatic rings. The summed E-state index contributed by atoms with van der Waals surface area (Å²) in [6, 6.07) is 64.2. The molecule has 0 radical (unpaired) electrons. The van der Waals surface area contributed by atoms with Gasteiger partial charge >= 0.3 is 6.18 Å². The van der Waals surface area contributed by atoms with E-state index < -0.39 is 11.7 Å². The van der Waals surface area contributed by atoms with E-state index in [0.717, 1.165) is 32.3 Å². The smallest absolute Gasteiger partial charge is 0.166 e. The molecule has 0 spiro atoms. The van der Waals surface area contributed by atoms with E-state index in [4.69, 9.17) is 0 Å². The molecule has 17 rings (SSSR count). The molecule has 0 heterocycles. The van der Waals surface area contributed by atoms with Crippen molar-refractivity contribution in [2.45, 2.75) is 13.1 Å². The third kappa shape index (κ3) is 4.19. The van der Waals surface area contributed by atoms with Crippen LogP contribution in [0, 0.1) is 6.92 Å². The SMILES string of the molecule is Cc1ccccc1-c1c2cc3c4cccc5c(-c6ccccc6C(F)(F)F)ccc(c54)c3c3c4ccccc4c(c4c5ccc6c7ccc8c9c(ccc(c%10ccc(c14)c5c%106)c97)-c1ccccc1-8)c23. The quantitative estimate of drug-likeness (QED) is 0.120. The van der Waals surface area contributed by atoms with Gasteiger partial charge in [-0.3, -0.25) is 0 Å². The van der Waals surface area contributed by atoms with Gasteiger partial charge in [-0.25, -0.2) is 0 Å². The van der Waals surface area contributed by atoms with Crippen molar-refractivity contribution in [2.75, 3.05) is 0 Å². The number of hydrogen-bond donors (Lipinski definition) is 0. The summed E-state index contributed by atoms with van der Waals surface area (Å²) in [5.41, 5.74) is 9.04. The van der Waals surface area contributed by atoms with Crippen LogP contribution in [0.25, 0.3) is 174 Å². The molecule has 0 saturated carbocycles. The van der Waals surface area contributed by atoms with E-state index in [1.165, 1.54) is 148 Å². The summed E-state index contributed by atoms with van der Waals surface area (Å²) in [7, 11) is 0. The highest BCUT2D eigenvalue weighted by molar-refractivity contribution is 6.54. The molecular weight excluding hydrogens is 850 g/mol. The van der Waals surface area contributed by atoms with E-state index in [2.05, 4.69) is 146 Å². The lowest BCUT2D eigenvalue weighted by Gasteiger charge is -2.16. The van der Waals surface area contributed by atoms with Crippen molar-refractivity contribution in [2.24, 2.45) is 0 Å². The van der Waals surface area contributed by atoms with Crippen molar-refractivity contribution >= 4 is 129 Å². The molecule has 0 unspecified atom stereocenters. The van der Waals surface area contributed by atoms with Crippen LogP contribution in [0.4, 0.5) is 13.2 Å². The number of halogens is 3. The highest BCUT2D eigenvalue weighted by atomic mass is 19.4. The van der Waals surface area contributed by atoms with E-state index in [0.29, 0.717) is 5.56 Å². The van der Waals surface area contributed by atoms with Crippen molar-refractivity contribution < 1.29 is 13.2 Å². The van der Waals surface area contributed by atoms with Crippen LogP contribution < -0.4 is 0 Å². The Labute approximate surface area is 391 Å². The summed E-state index contributed by atoms with van der Waals surface area (Å²) in [5, 5.41) is 29.1. The number of alkyl halides is 3. The lowest BCUT2D eigenvalue weighted by atomic mass is 9.86. The predicted molar refractivity (Wildman–Crippen MR) is 286 cm³/mol. The van der Waals surface area contributed by atoms with E-state index in [-0.39, 0.29) is 5.56 Å². The van der Waals surface area contributed by atoms with Crippen LogP contribution in [0.5, 0.6) is 0 Å². The van der Waals surface area contributed by atoms with Gasteiger partial charge in [0.25, 0.3) is 0 Å². The molecule has 3 heteroatoms. The second-order valence-electron chi connectivity index (χ2n) is 19.6. The fourth-order valence-corrected chi connectivity index (χ4v) is 14.0. The van der Waals surface area contributed by atoms with Crippen molar-refractivity contribution in [1.29, 1.82) is 0 Å². The predicted octanol–water partition coefficient (Wildman–Crippen LogP) is 19.6. The lowest BCUT2D eigenvalue weighted by molar-refractivity contribution is -0.137. The highest BCUT2D eigenvalue weighted by Crippen LogP contribution is 2.59. The fraction of sp³-hybridized carbons (Fsp3) is 0.0303. The van der Waals surface area contributed by atoms with E-state index in [9.17, 15) is 13.2 Å². The van der Waals surface area contributed by atoms with Gasteiger partial charge in [0.1, 0.15) is 0 Å². The molecule has 0 bridgehead atoms. The van der Waals surface area contributed by atoms with Gasteiger partial charge in [-0.2, -0.15) is 13.2 Å². The van der Waals surface area contributed by atoms with Gasteiger partial charge in [-0.05, 0) is 198 Å². The third-order valence-corrected chi connectivity index (χ3v) is 16.5. The maximum absolute atomic E-state index is 14.6. The molecule has 0 saturated heterocycles. The highest BCUT2D eigenvalue weighted by Gasteiger charge is 2.35. The number of rotatable bonds is 2. The van der Waals surface area contributed by atoms with Gasteiger partial charge in [-0.1, -0.05) is 170 Å². The summed E-state index contributed by atoms with van der Waals surface area (Å²) in [6.45, 7) is 2.23. The summed E-state index contributed by atoms with van der Waals surface area (Å²) >= 11 is 0. The number of fused-ring (bicyclic) bond motifs is 16. The van der Waals surface area contributed by atoms with Crippen LogP contribution in [-0.4, -0.2) is 0 Å². The van der Waals surface area contributed by atoms with Gasteiger partial charge in [0, 0.05) is 0 Å². The maximum Gasteiger partial charge on any atom is 0.417 e. The van der Waals surface area contributed by atoms with E-state index in [1.54, 1.807) is 12.1 Å². The Morgan fingerprint density at radius 2 is 0.652 bits per heavy atom. The topological polar surface area (TPSA) is 0 Å². The van der Waals surface area contributed by atoms with Crippen molar-refractivity contribution in [1.82, 2.24) is 0 Å². The normalized spacial score (nSPS) is 13.2. The van der Waals surface area contributed by atoms with Crippen molar-refractivity contribution in [3.05, 3.63) is 193 Å². The molecule has 0 aliphatic heterocycles. The standard InChI is InChI=1S/C66H33F3/c1-32-11-2-3-12-33(32)55-52-31-51-41-19-10-18-38-36(37-15-8-9-20-53(37)66(67,68)69)21-28-48(54(38)41)60(51)61-39-16-6-7-17-40(39)62(65(52)61)64-50-30-27-47-45-25-23-43-35-14-5-4-13-34(35)42-22-24-44(57(45)56(42)43)46-26-29-49(63(55)64)59(50)58(46)47/h2-31H,1H3. The first-order chi connectivity index (χ1) is 33.8. The van der Waals surface area contributed by atoms with Crippen molar-refractivity contribution in [3.63, 3.8) is 0 Å². The Hall–Kier alpha value is -8.53. The minimum atomic E-state index is -4.49. The van der Waals surface area contributed by atoms with E-state index in [1.807, 2.05) is 18.2 Å². The first-order valence-electron chi connectivity index (χ1n) is 23.8. The molecule has 0 fully saturated rings. The zero-order valence-electron chi connectivity index (χ0n) is 37.0. The Morgan fingerprint density at radius 3 is 1.33 bits per heavy atom. The van der Waals surface area contributed by atoms with E-state index >= 15 is 0 Å². The molecule has 0 N–H and O–H groups in total. The molecule has 69 heavy (non-hydrogen) atoms. The third-order valence-electron chi connectivity index (χ3n) is 16.5. The molecular formula is C66H33F3.